The lowest BCUT2D eigenvalue weighted by Crippen LogP contribution is -2.16. The van der Waals surface area contributed by atoms with E-state index in [9.17, 15) is 19.2 Å². The monoisotopic (exact) mass is 256 g/mol. The zero-order valence-electron chi connectivity index (χ0n) is 8.14. The molecule has 0 aromatic heterocycles. The maximum Gasteiger partial charge on any atom is 0.377 e. The van der Waals surface area contributed by atoms with E-state index in [-0.39, 0.29) is 10.6 Å². The molecular weight excluding hydrogens is 252 g/mol. The van der Waals surface area contributed by atoms with E-state index in [4.69, 9.17) is 21.8 Å². The third-order valence-corrected chi connectivity index (χ3v) is 2.19. The molecule has 0 amide bonds. The summed E-state index contributed by atoms with van der Waals surface area (Å²) >= 11 is 5.58. The molecular formula is C10H5ClO6. The Balaban J connectivity index is 3.29. The van der Waals surface area contributed by atoms with Gasteiger partial charge in [0.1, 0.15) is 0 Å². The predicted molar refractivity (Wildman–Crippen MR) is 55.4 cm³/mol. The second kappa shape index (κ2) is 4.75. The van der Waals surface area contributed by atoms with Crippen molar-refractivity contribution in [2.45, 2.75) is 0 Å². The molecule has 0 saturated carbocycles. The Morgan fingerprint density at radius 2 is 1.47 bits per heavy atom. The van der Waals surface area contributed by atoms with Crippen LogP contribution in [-0.2, 0) is 9.59 Å². The molecule has 88 valence electrons. The molecule has 0 aliphatic carbocycles. The Morgan fingerprint density at radius 3 is 1.94 bits per heavy atom. The van der Waals surface area contributed by atoms with Gasteiger partial charge in [-0.05, 0) is 18.2 Å². The van der Waals surface area contributed by atoms with Crippen molar-refractivity contribution in [2.24, 2.45) is 0 Å². The van der Waals surface area contributed by atoms with Crippen LogP contribution in [0, 0.1) is 0 Å². The van der Waals surface area contributed by atoms with Crippen LogP contribution in [0.1, 0.15) is 20.7 Å². The number of ketones is 2. The maximum absolute atomic E-state index is 11.2. The van der Waals surface area contributed by atoms with Gasteiger partial charge < -0.3 is 10.2 Å². The third kappa shape index (κ3) is 2.67. The van der Waals surface area contributed by atoms with Crippen LogP contribution in [0.5, 0.6) is 0 Å². The summed E-state index contributed by atoms with van der Waals surface area (Å²) in [5, 5.41) is 16.8. The summed E-state index contributed by atoms with van der Waals surface area (Å²) in [6.07, 6.45) is 0. The first kappa shape index (κ1) is 12.9. The number of Topliss-reactive ketones (excluding diaryl/α,β-unsaturated/α-hetero) is 2. The van der Waals surface area contributed by atoms with Crippen LogP contribution < -0.4 is 0 Å². The Bertz CT molecular complexity index is 534. The molecule has 2 N–H and O–H groups in total. The molecule has 0 fully saturated rings. The molecule has 0 spiro atoms. The van der Waals surface area contributed by atoms with E-state index >= 15 is 0 Å². The van der Waals surface area contributed by atoms with Crippen molar-refractivity contribution in [3.05, 3.63) is 34.3 Å². The molecule has 0 unspecified atom stereocenters. The molecule has 0 saturated heterocycles. The Labute approximate surface area is 99.4 Å². The molecule has 0 bridgehead atoms. The lowest BCUT2D eigenvalue weighted by Gasteiger charge is -2.02. The fraction of sp³-hybridized carbons (Fsp3) is 0. The number of aliphatic carboxylic acids is 2. The standard InChI is InChI=1S/C10H5ClO6/c11-6-2-1-4(7(12)9(14)15)3-5(6)8(13)10(16)17/h1-3H,(H,14,15)(H,16,17). The summed E-state index contributed by atoms with van der Waals surface area (Å²) in [5.74, 6) is -6.01. The average molecular weight is 257 g/mol. The smallest absolute Gasteiger partial charge is 0.377 e. The number of carbonyl (C=O) groups is 4. The number of rotatable bonds is 4. The summed E-state index contributed by atoms with van der Waals surface area (Å²) in [5.41, 5.74) is -0.738. The summed E-state index contributed by atoms with van der Waals surface area (Å²) < 4.78 is 0. The topological polar surface area (TPSA) is 109 Å². The number of carboxylic acid groups (broad SMARTS) is 2. The van der Waals surface area contributed by atoms with Gasteiger partial charge in [0.25, 0.3) is 11.6 Å². The van der Waals surface area contributed by atoms with Crippen LogP contribution in [0.3, 0.4) is 0 Å². The molecule has 0 heterocycles. The molecule has 1 rings (SSSR count). The van der Waals surface area contributed by atoms with E-state index < -0.39 is 29.1 Å². The zero-order chi connectivity index (χ0) is 13.2. The maximum atomic E-state index is 11.2. The third-order valence-electron chi connectivity index (χ3n) is 1.86. The SMILES string of the molecule is O=C(O)C(=O)c1ccc(Cl)c(C(=O)C(=O)O)c1. The van der Waals surface area contributed by atoms with Crippen molar-refractivity contribution in [2.75, 3.05) is 0 Å². The number of carboxylic acids is 2. The molecule has 0 radical (unpaired) electrons. The van der Waals surface area contributed by atoms with Gasteiger partial charge in [-0.25, -0.2) is 9.59 Å². The van der Waals surface area contributed by atoms with Crippen molar-refractivity contribution < 1.29 is 29.4 Å². The lowest BCUT2D eigenvalue weighted by molar-refractivity contribution is -0.132. The molecule has 17 heavy (non-hydrogen) atoms. The van der Waals surface area contributed by atoms with E-state index in [1.807, 2.05) is 0 Å². The highest BCUT2D eigenvalue weighted by atomic mass is 35.5. The van der Waals surface area contributed by atoms with Crippen molar-refractivity contribution in [1.82, 2.24) is 0 Å². The molecule has 6 nitrogen and oxygen atoms in total. The first-order chi connectivity index (χ1) is 7.84. The van der Waals surface area contributed by atoms with Gasteiger partial charge in [-0.2, -0.15) is 0 Å². The summed E-state index contributed by atoms with van der Waals surface area (Å²) in [6.45, 7) is 0. The van der Waals surface area contributed by atoms with Crippen LogP contribution in [-0.4, -0.2) is 33.7 Å². The molecule has 0 aliphatic rings. The average Bonchev–Trinajstić information content (AvgIpc) is 2.27. The van der Waals surface area contributed by atoms with Crippen molar-refractivity contribution in [3.8, 4) is 0 Å². The fourth-order valence-electron chi connectivity index (χ4n) is 1.08. The van der Waals surface area contributed by atoms with E-state index in [1.54, 1.807) is 0 Å². The van der Waals surface area contributed by atoms with E-state index in [0.717, 1.165) is 18.2 Å². The zero-order valence-corrected chi connectivity index (χ0v) is 8.89. The summed E-state index contributed by atoms with van der Waals surface area (Å²) in [6, 6.07) is 3.03. The van der Waals surface area contributed by atoms with Gasteiger partial charge in [-0.3, -0.25) is 9.59 Å². The van der Waals surface area contributed by atoms with Gasteiger partial charge in [0.2, 0.25) is 0 Å². The van der Waals surface area contributed by atoms with Crippen LogP contribution in [0.2, 0.25) is 5.02 Å². The molecule has 7 heteroatoms. The minimum atomic E-state index is -1.74. The van der Waals surface area contributed by atoms with E-state index in [1.165, 1.54) is 0 Å². The van der Waals surface area contributed by atoms with Crippen LogP contribution >= 0.6 is 11.6 Å². The highest BCUT2D eigenvalue weighted by molar-refractivity contribution is 6.46. The molecule has 1 aromatic rings. The second-order valence-electron chi connectivity index (χ2n) is 2.96. The molecule has 0 atom stereocenters. The minimum absolute atomic E-state index is 0.167. The quantitative estimate of drug-likeness (QED) is 0.611. The van der Waals surface area contributed by atoms with Gasteiger partial charge in [0.05, 0.1) is 5.02 Å². The number of hydrogen-bond acceptors (Lipinski definition) is 4. The van der Waals surface area contributed by atoms with Crippen molar-refractivity contribution in [3.63, 3.8) is 0 Å². The summed E-state index contributed by atoms with van der Waals surface area (Å²) in [7, 11) is 0. The highest BCUT2D eigenvalue weighted by Crippen LogP contribution is 2.18. The van der Waals surface area contributed by atoms with Gasteiger partial charge in [0.15, 0.2) is 0 Å². The largest absolute Gasteiger partial charge is 0.475 e. The first-order valence-electron chi connectivity index (χ1n) is 4.19. The molecule has 0 aliphatic heterocycles. The van der Waals surface area contributed by atoms with Gasteiger partial charge in [-0.15, -0.1) is 0 Å². The first-order valence-corrected chi connectivity index (χ1v) is 4.57. The van der Waals surface area contributed by atoms with Gasteiger partial charge in [0, 0.05) is 11.1 Å². The number of carbonyl (C=O) groups excluding carboxylic acids is 2. The number of hydrogen-bond donors (Lipinski definition) is 2. The van der Waals surface area contributed by atoms with Gasteiger partial charge in [-0.1, -0.05) is 11.6 Å². The molecule has 1 aromatic carbocycles. The number of halogens is 1. The summed E-state index contributed by atoms with van der Waals surface area (Å²) in [4.78, 5) is 43.1. The predicted octanol–water partition coefficient (Wildman–Crippen LogP) is 0.875. The lowest BCUT2D eigenvalue weighted by atomic mass is 10.0. The van der Waals surface area contributed by atoms with Crippen LogP contribution in [0.25, 0.3) is 0 Å². The van der Waals surface area contributed by atoms with Crippen LogP contribution in [0.4, 0.5) is 0 Å². The van der Waals surface area contributed by atoms with E-state index in [0.29, 0.717) is 0 Å². The highest BCUT2D eigenvalue weighted by Gasteiger charge is 2.22. The second-order valence-corrected chi connectivity index (χ2v) is 3.37. The van der Waals surface area contributed by atoms with Gasteiger partial charge >= 0.3 is 11.9 Å². The van der Waals surface area contributed by atoms with E-state index in [2.05, 4.69) is 0 Å². The Morgan fingerprint density at radius 1 is 0.941 bits per heavy atom. The van der Waals surface area contributed by atoms with Crippen molar-refractivity contribution in [1.29, 1.82) is 0 Å². The normalized spacial score (nSPS) is 9.71. The van der Waals surface area contributed by atoms with Crippen LogP contribution in [0.15, 0.2) is 18.2 Å². The Hall–Kier alpha value is -2.21. The minimum Gasteiger partial charge on any atom is -0.475 e. The Kier molecular flexibility index (Phi) is 3.59. The number of benzene rings is 1. The fourth-order valence-corrected chi connectivity index (χ4v) is 1.28. The van der Waals surface area contributed by atoms with Crippen molar-refractivity contribution >= 4 is 35.1 Å².